The second-order valence-corrected chi connectivity index (χ2v) is 12.9. The molecule has 0 fully saturated rings. The summed E-state index contributed by atoms with van der Waals surface area (Å²) in [6.45, 7) is 8.59. The van der Waals surface area contributed by atoms with Gasteiger partial charge in [-0.05, 0) is 88.4 Å². The molecule has 5 heteroatoms. The molecular weight excluding hydrogens is 587 g/mol. The van der Waals surface area contributed by atoms with Crippen molar-refractivity contribution >= 4 is 43.6 Å². The Morgan fingerprint density at radius 1 is 0.396 bits per heavy atom. The van der Waals surface area contributed by atoms with Gasteiger partial charge in [0.25, 0.3) is 0 Å². The van der Waals surface area contributed by atoms with E-state index in [-0.39, 0.29) is 0 Å². The summed E-state index contributed by atoms with van der Waals surface area (Å²) < 4.78 is 4.55. The minimum absolute atomic E-state index is 0.592. The van der Waals surface area contributed by atoms with E-state index in [0.29, 0.717) is 17.6 Å². The molecule has 9 rings (SSSR count). The number of hydrogen-bond acceptors (Lipinski definition) is 3. The molecule has 0 saturated carbocycles. The average molecular weight is 620 g/mol. The zero-order chi connectivity index (χ0) is 32.5. The minimum atomic E-state index is 0.592. The fourth-order valence-corrected chi connectivity index (χ4v) is 7.14. The lowest BCUT2D eigenvalue weighted by atomic mass is 10.1. The standard InChI is InChI=1S/C43H33N5/c1-26-14-18-37-32(22-26)33-23-27(2)15-19-38(33)47(37)36-13-9-8-12-31(36)42-44-41(30-10-6-5-7-11-30)45-43(46-42)48-39-20-16-28(3)24-34(39)35-25-29(4)17-21-40(35)48/h5-25H,1-4H3. The van der Waals surface area contributed by atoms with Crippen LogP contribution in [0.4, 0.5) is 0 Å². The molecule has 0 unspecified atom stereocenters. The van der Waals surface area contributed by atoms with Crippen LogP contribution in [0.2, 0.25) is 0 Å². The Bertz CT molecular complexity index is 2600. The van der Waals surface area contributed by atoms with Crippen LogP contribution in [-0.4, -0.2) is 24.1 Å². The van der Waals surface area contributed by atoms with Crippen LogP contribution in [0.1, 0.15) is 22.3 Å². The molecule has 230 valence electrons. The van der Waals surface area contributed by atoms with E-state index < -0.39 is 0 Å². The number of nitrogens with zero attached hydrogens (tertiary/aromatic N) is 5. The number of hydrogen-bond donors (Lipinski definition) is 0. The van der Waals surface area contributed by atoms with E-state index in [1.54, 1.807) is 0 Å². The summed E-state index contributed by atoms with van der Waals surface area (Å²) in [5, 5.41) is 4.85. The topological polar surface area (TPSA) is 48.5 Å². The SMILES string of the molecule is Cc1ccc2c(c1)c1cc(C)ccc1n2-c1nc(-c2ccccc2)nc(-c2ccccc2-n2c3ccc(C)cc3c3cc(C)ccc32)n1. The van der Waals surface area contributed by atoms with Crippen molar-refractivity contribution in [1.29, 1.82) is 0 Å². The van der Waals surface area contributed by atoms with Crippen LogP contribution in [0.5, 0.6) is 0 Å². The predicted molar refractivity (Wildman–Crippen MR) is 198 cm³/mol. The molecule has 0 atom stereocenters. The van der Waals surface area contributed by atoms with Crippen LogP contribution >= 0.6 is 0 Å². The van der Waals surface area contributed by atoms with E-state index in [9.17, 15) is 0 Å². The molecule has 0 aliphatic carbocycles. The quantitative estimate of drug-likeness (QED) is 0.197. The highest BCUT2D eigenvalue weighted by Crippen LogP contribution is 2.38. The van der Waals surface area contributed by atoms with Gasteiger partial charge in [0.05, 0.1) is 27.8 Å². The van der Waals surface area contributed by atoms with Gasteiger partial charge in [-0.25, -0.2) is 4.98 Å². The molecule has 0 N–H and O–H groups in total. The fraction of sp³-hybridized carbons (Fsp3) is 0.0930. The summed E-state index contributed by atoms with van der Waals surface area (Å²) in [5.74, 6) is 1.85. The van der Waals surface area contributed by atoms with Crippen LogP contribution in [0.15, 0.2) is 127 Å². The summed E-state index contributed by atoms with van der Waals surface area (Å²) in [7, 11) is 0. The monoisotopic (exact) mass is 619 g/mol. The summed E-state index contributed by atoms with van der Waals surface area (Å²) in [6.07, 6.45) is 0. The van der Waals surface area contributed by atoms with E-state index >= 15 is 0 Å². The van der Waals surface area contributed by atoms with Gasteiger partial charge in [0.15, 0.2) is 11.6 Å². The second kappa shape index (κ2) is 10.7. The van der Waals surface area contributed by atoms with Gasteiger partial charge >= 0.3 is 0 Å². The van der Waals surface area contributed by atoms with Gasteiger partial charge in [-0.2, -0.15) is 9.97 Å². The Kier molecular flexibility index (Phi) is 6.31. The van der Waals surface area contributed by atoms with Gasteiger partial charge in [-0.15, -0.1) is 0 Å². The molecule has 0 radical (unpaired) electrons. The molecule has 0 aliphatic rings. The van der Waals surface area contributed by atoms with Crippen molar-refractivity contribution in [3.63, 3.8) is 0 Å². The number of fused-ring (bicyclic) bond motifs is 6. The molecule has 9 aromatic rings. The highest BCUT2D eigenvalue weighted by atomic mass is 15.2. The van der Waals surface area contributed by atoms with Crippen LogP contribution in [-0.2, 0) is 0 Å². The Hall–Kier alpha value is -6.07. The Labute approximate surface area is 278 Å². The first-order chi connectivity index (χ1) is 23.4. The van der Waals surface area contributed by atoms with E-state index in [4.69, 9.17) is 15.0 Å². The van der Waals surface area contributed by atoms with Crippen molar-refractivity contribution < 1.29 is 0 Å². The molecule has 0 aliphatic heterocycles. The number of benzene rings is 6. The maximum absolute atomic E-state index is 5.30. The van der Waals surface area contributed by atoms with Gasteiger partial charge in [0, 0.05) is 32.7 Å². The van der Waals surface area contributed by atoms with Crippen molar-refractivity contribution in [2.24, 2.45) is 0 Å². The fourth-order valence-electron chi connectivity index (χ4n) is 7.14. The maximum atomic E-state index is 5.30. The first-order valence-corrected chi connectivity index (χ1v) is 16.4. The molecule has 0 saturated heterocycles. The molecule has 3 heterocycles. The third kappa shape index (κ3) is 4.43. The minimum Gasteiger partial charge on any atom is -0.309 e. The molecule has 0 amide bonds. The van der Waals surface area contributed by atoms with E-state index in [1.165, 1.54) is 43.8 Å². The Balaban J connectivity index is 1.36. The van der Waals surface area contributed by atoms with Gasteiger partial charge in [-0.1, -0.05) is 89.0 Å². The zero-order valence-corrected chi connectivity index (χ0v) is 27.4. The number of para-hydroxylation sites is 1. The Morgan fingerprint density at radius 2 is 0.833 bits per heavy atom. The largest absolute Gasteiger partial charge is 0.309 e. The second-order valence-electron chi connectivity index (χ2n) is 12.9. The van der Waals surface area contributed by atoms with Crippen LogP contribution in [0.3, 0.4) is 0 Å². The van der Waals surface area contributed by atoms with Crippen molar-refractivity contribution in [2.45, 2.75) is 27.7 Å². The maximum Gasteiger partial charge on any atom is 0.238 e. The molecule has 0 bridgehead atoms. The molecular formula is C43H33N5. The molecule has 0 spiro atoms. The van der Waals surface area contributed by atoms with Crippen molar-refractivity contribution in [3.05, 3.63) is 150 Å². The normalized spacial score (nSPS) is 11.8. The van der Waals surface area contributed by atoms with Crippen LogP contribution in [0.25, 0.3) is 78.0 Å². The summed E-state index contributed by atoms with van der Waals surface area (Å²) >= 11 is 0. The van der Waals surface area contributed by atoms with Gasteiger partial charge in [-0.3, -0.25) is 4.57 Å². The zero-order valence-electron chi connectivity index (χ0n) is 27.4. The summed E-state index contributed by atoms with van der Waals surface area (Å²) in [5.41, 5.74) is 12.3. The highest BCUT2D eigenvalue weighted by Gasteiger charge is 2.21. The van der Waals surface area contributed by atoms with Crippen molar-refractivity contribution in [1.82, 2.24) is 24.1 Å². The third-order valence-corrected chi connectivity index (χ3v) is 9.39. The third-order valence-electron chi connectivity index (χ3n) is 9.39. The molecule has 6 aromatic carbocycles. The van der Waals surface area contributed by atoms with Crippen molar-refractivity contribution in [3.8, 4) is 34.4 Å². The number of aromatic nitrogens is 5. The number of rotatable bonds is 4. The van der Waals surface area contributed by atoms with Gasteiger partial charge in [0.1, 0.15) is 0 Å². The van der Waals surface area contributed by atoms with Gasteiger partial charge < -0.3 is 4.57 Å². The van der Waals surface area contributed by atoms with E-state index in [1.807, 2.05) is 18.2 Å². The first kappa shape index (κ1) is 28.2. The van der Waals surface area contributed by atoms with E-state index in [2.05, 4.69) is 146 Å². The molecule has 3 aromatic heterocycles. The average Bonchev–Trinajstić information content (AvgIpc) is 3.59. The van der Waals surface area contributed by atoms with Crippen LogP contribution in [0, 0.1) is 27.7 Å². The molecule has 48 heavy (non-hydrogen) atoms. The summed E-state index contributed by atoms with van der Waals surface area (Å²) in [4.78, 5) is 15.6. The lowest BCUT2D eigenvalue weighted by Crippen LogP contribution is -2.07. The lowest BCUT2D eigenvalue weighted by molar-refractivity contribution is 0.951. The number of aryl methyl sites for hydroxylation is 4. The van der Waals surface area contributed by atoms with Gasteiger partial charge in [0.2, 0.25) is 5.95 Å². The lowest BCUT2D eigenvalue weighted by Gasteiger charge is -2.15. The predicted octanol–water partition coefficient (Wildman–Crippen LogP) is 10.6. The smallest absolute Gasteiger partial charge is 0.238 e. The first-order valence-electron chi connectivity index (χ1n) is 16.4. The molecule has 5 nitrogen and oxygen atoms in total. The van der Waals surface area contributed by atoms with E-state index in [0.717, 1.165) is 38.9 Å². The Morgan fingerprint density at radius 3 is 1.35 bits per heavy atom. The highest BCUT2D eigenvalue weighted by molar-refractivity contribution is 6.11. The van der Waals surface area contributed by atoms with Crippen molar-refractivity contribution in [2.75, 3.05) is 0 Å². The summed E-state index contributed by atoms with van der Waals surface area (Å²) in [6, 6.07) is 45.3. The van der Waals surface area contributed by atoms with Crippen LogP contribution < -0.4 is 0 Å².